The second kappa shape index (κ2) is 7.38. The highest BCUT2D eigenvalue weighted by atomic mass is 32.2. The topological polar surface area (TPSA) is 27.7 Å². The summed E-state index contributed by atoms with van der Waals surface area (Å²) in [6, 6.07) is 9.00. The molecule has 2 aliphatic heterocycles. The van der Waals surface area contributed by atoms with E-state index in [9.17, 15) is 0 Å². The molecule has 0 aromatic heterocycles. The van der Waals surface area contributed by atoms with Crippen LogP contribution in [0.2, 0.25) is 0 Å². The minimum absolute atomic E-state index is 0.668. The number of para-hydroxylation sites is 2. The third-order valence-corrected chi connectivity index (χ3v) is 5.41. The van der Waals surface area contributed by atoms with Crippen molar-refractivity contribution in [3.05, 3.63) is 24.3 Å². The lowest BCUT2D eigenvalue weighted by Crippen LogP contribution is -2.52. The molecule has 0 bridgehead atoms. The number of benzene rings is 1. The molecule has 116 valence electrons. The number of nitrogens with zero attached hydrogens (tertiary/aromatic N) is 2. The van der Waals surface area contributed by atoms with Gasteiger partial charge in [0.05, 0.1) is 12.8 Å². The second-order valence-electron chi connectivity index (χ2n) is 5.69. The van der Waals surface area contributed by atoms with Gasteiger partial charge in [0.25, 0.3) is 0 Å². The molecular formula is C16H25N3OS. The van der Waals surface area contributed by atoms with Crippen LogP contribution in [-0.4, -0.2) is 68.8 Å². The fourth-order valence-electron chi connectivity index (χ4n) is 3.11. The van der Waals surface area contributed by atoms with Crippen LogP contribution in [0.15, 0.2) is 24.3 Å². The summed E-state index contributed by atoms with van der Waals surface area (Å²) in [7, 11) is 1.75. The molecule has 4 nitrogen and oxygen atoms in total. The SMILES string of the molecule is COc1ccccc1N1CCN(CC2CSCCN2)CC1. The van der Waals surface area contributed by atoms with Gasteiger partial charge in [0.1, 0.15) is 5.75 Å². The lowest BCUT2D eigenvalue weighted by Gasteiger charge is -2.38. The summed E-state index contributed by atoms with van der Waals surface area (Å²) in [4.78, 5) is 5.04. The number of thioether (sulfide) groups is 1. The largest absolute Gasteiger partial charge is 0.495 e. The number of hydrogen-bond acceptors (Lipinski definition) is 5. The summed E-state index contributed by atoms with van der Waals surface area (Å²) >= 11 is 2.08. The minimum Gasteiger partial charge on any atom is -0.495 e. The van der Waals surface area contributed by atoms with Gasteiger partial charge in [-0.2, -0.15) is 11.8 Å². The van der Waals surface area contributed by atoms with Crippen LogP contribution in [0.4, 0.5) is 5.69 Å². The summed E-state index contributed by atoms with van der Waals surface area (Å²) < 4.78 is 5.48. The number of methoxy groups -OCH3 is 1. The van der Waals surface area contributed by atoms with Crippen LogP contribution in [0.3, 0.4) is 0 Å². The van der Waals surface area contributed by atoms with E-state index < -0.39 is 0 Å². The molecule has 2 heterocycles. The van der Waals surface area contributed by atoms with Gasteiger partial charge in [-0.05, 0) is 12.1 Å². The first-order valence-electron chi connectivity index (χ1n) is 7.78. The normalized spacial score (nSPS) is 24.0. The van der Waals surface area contributed by atoms with Crippen molar-refractivity contribution in [1.29, 1.82) is 0 Å². The van der Waals surface area contributed by atoms with E-state index in [2.05, 4.69) is 39.0 Å². The number of nitrogens with one attached hydrogen (secondary N) is 1. The fraction of sp³-hybridized carbons (Fsp3) is 0.625. The van der Waals surface area contributed by atoms with Gasteiger partial charge >= 0.3 is 0 Å². The first kappa shape index (κ1) is 15.0. The molecule has 1 atom stereocenters. The Morgan fingerprint density at radius 3 is 2.76 bits per heavy atom. The van der Waals surface area contributed by atoms with Crippen molar-refractivity contribution in [1.82, 2.24) is 10.2 Å². The zero-order valence-corrected chi connectivity index (χ0v) is 13.6. The molecule has 2 fully saturated rings. The summed E-state index contributed by atoms with van der Waals surface area (Å²) in [6.45, 7) is 6.80. The second-order valence-corrected chi connectivity index (χ2v) is 6.84. The van der Waals surface area contributed by atoms with Crippen molar-refractivity contribution >= 4 is 17.4 Å². The van der Waals surface area contributed by atoms with Crippen molar-refractivity contribution in [2.24, 2.45) is 0 Å². The summed E-state index contributed by atoms with van der Waals surface area (Å²) in [5, 5.41) is 3.63. The number of piperazine rings is 1. The van der Waals surface area contributed by atoms with Crippen LogP contribution in [-0.2, 0) is 0 Å². The van der Waals surface area contributed by atoms with Gasteiger partial charge in [-0.3, -0.25) is 4.90 Å². The average molecular weight is 307 g/mol. The Kier molecular flexibility index (Phi) is 5.27. The van der Waals surface area contributed by atoms with Gasteiger partial charge in [0.15, 0.2) is 0 Å². The molecule has 0 radical (unpaired) electrons. The first-order valence-corrected chi connectivity index (χ1v) is 8.94. The molecule has 1 aromatic carbocycles. The molecular weight excluding hydrogens is 282 g/mol. The lowest BCUT2D eigenvalue weighted by molar-refractivity contribution is 0.235. The highest BCUT2D eigenvalue weighted by Gasteiger charge is 2.22. The van der Waals surface area contributed by atoms with Gasteiger partial charge in [-0.15, -0.1) is 0 Å². The van der Waals surface area contributed by atoms with Crippen molar-refractivity contribution < 1.29 is 4.74 Å². The molecule has 0 spiro atoms. The first-order chi connectivity index (χ1) is 10.4. The minimum atomic E-state index is 0.668. The van der Waals surface area contributed by atoms with E-state index in [0.717, 1.165) is 38.5 Å². The van der Waals surface area contributed by atoms with Crippen LogP contribution in [0.25, 0.3) is 0 Å². The maximum atomic E-state index is 5.48. The Labute approximate surface area is 131 Å². The molecule has 1 unspecified atom stereocenters. The molecule has 21 heavy (non-hydrogen) atoms. The molecule has 0 amide bonds. The highest BCUT2D eigenvalue weighted by molar-refractivity contribution is 7.99. The molecule has 0 aliphatic carbocycles. The van der Waals surface area contributed by atoms with Crippen molar-refractivity contribution in [2.75, 3.05) is 62.8 Å². The quantitative estimate of drug-likeness (QED) is 0.910. The fourth-order valence-corrected chi connectivity index (χ4v) is 4.05. The smallest absolute Gasteiger partial charge is 0.142 e. The van der Waals surface area contributed by atoms with Crippen molar-refractivity contribution in [2.45, 2.75) is 6.04 Å². The molecule has 1 N–H and O–H groups in total. The van der Waals surface area contributed by atoms with E-state index in [0.29, 0.717) is 6.04 Å². The number of ether oxygens (including phenoxy) is 1. The molecule has 2 saturated heterocycles. The lowest BCUT2D eigenvalue weighted by atomic mass is 10.2. The molecule has 2 aliphatic rings. The average Bonchev–Trinajstić information content (AvgIpc) is 2.56. The van der Waals surface area contributed by atoms with E-state index in [1.54, 1.807) is 7.11 Å². The standard InChI is InChI=1S/C16H25N3OS/c1-20-16-5-3-2-4-15(16)19-9-7-18(8-10-19)12-14-13-21-11-6-17-14/h2-5,14,17H,6-13H2,1H3. The molecule has 0 saturated carbocycles. The van der Waals surface area contributed by atoms with Gasteiger partial charge < -0.3 is 15.0 Å². The van der Waals surface area contributed by atoms with E-state index in [1.807, 2.05) is 12.1 Å². The van der Waals surface area contributed by atoms with Gasteiger partial charge in [0.2, 0.25) is 0 Å². The van der Waals surface area contributed by atoms with Crippen LogP contribution in [0.5, 0.6) is 5.75 Å². The summed E-state index contributed by atoms with van der Waals surface area (Å²) in [5.74, 6) is 3.50. The van der Waals surface area contributed by atoms with Crippen LogP contribution in [0.1, 0.15) is 0 Å². The molecule has 1 aromatic rings. The van der Waals surface area contributed by atoms with Crippen LogP contribution < -0.4 is 15.0 Å². The highest BCUT2D eigenvalue weighted by Crippen LogP contribution is 2.28. The number of hydrogen-bond donors (Lipinski definition) is 1. The Hall–Kier alpha value is -0.910. The predicted octanol–water partition coefficient (Wildman–Crippen LogP) is 1.52. The van der Waals surface area contributed by atoms with Crippen LogP contribution in [0, 0.1) is 0 Å². The maximum Gasteiger partial charge on any atom is 0.142 e. The molecule has 5 heteroatoms. The zero-order valence-electron chi connectivity index (χ0n) is 12.8. The Morgan fingerprint density at radius 2 is 2.05 bits per heavy atom. The van der Waals surface area contributed by atoms with Gasteiger partial charge in [-0.1, -0.05) is 12.1 Å². The van der Waals surface area contributed by atoms with E-state index in [1.165, 1.54) is 23.7 Å². The van der Waals surface area contributed by atoms with Gasteiger partial charge in [0, 0.05) is 56.8 Å². The molecule has 3 rings (SSSR count). The Bertz CT molecular complexity index is 443. The number of rotatable bonds is 4. The monoisotopic (exact) mass is 307 g/mol. The Morgan fingerprint density at radius 1 is 1.24 bits per heavy atom. The van der Waals surface area contributed by atoms with E-state index >= 15 is 0 Å². The maximum absolute atomic E-state index is 5.48. The van der Waals surface area contributed by atoms with Crippen LogP contribution >= 0.6 is 11.8 Å². The summed E-state index contributed by atoms with van der Waals surface area (Å²) in [5.41, 5.74) is 1.23. The van der Waals surface area contributed by atoms with E-state index in [-0.39, 0.29) is 0 Å². The summed E-state index contributed by atoms with van der Waals surface area (Å²) in [6.07, 6.45) is 0. The van der Waals surface area contributed by atoms with E-state index in [4.69, 9.17) is 4.74 Å². The van der Waals surface area contributed by atoms with Gasteiger partial charge in [-0.25, -0.2) is 0 Å². The third-order valence-electron chi connectivity index (χ3n) is 4.28. The third kappa shape index (κ3) is 3.84. The number of anilines is 1. The van der Waals surface area contributed by atoms with Crippen molar-refractivity contribution in [3.63, 3.8) is 0 Å². The Balaban J connectivity index is 1.52. The zero-order chi connectivity index (χ0) is 14.5. The van der Waals surface area contributed by atoms with Crippen molar-refractivity contribution in [3.8, 4) is 5.75 Å². The predicted molar refractivity (Wildman–Crippen MR) is 90.8 cm³/mol.